The quantitative estimate of drug-likeness (QED) is 0.223. The summed E-state index contributed by atoms with van der Waals surface area (Å²) in [6.07, 6.45) is 4.51. The summed E-state index contributed by atoms with van der Waals surface area (Å²) < 4.78 is 49.3. The first-order valence-electron chi connectivity index (χ1n) is 22.9. The van der Waals surface area contributed by atoms with Crippen molar-refractivity contribution >= 4 is 51.9 Å². The number of aromatic nitrogens is 3. The van der Waals surface area contributed by atoms with E-state index in [0.29, 0.717) is 91.0 Å². The summed E-state index contributed by atoms with van der Waals surface area (Å²) in [5.74, 6) is -5.07. The Hall–Kier alpha value is -6.04. The third-order valence-corrected chi connectivity index (χ3v) is 13.7. The van der Waals surface area contributed by atoms with Crippen molar-refractivity contribution in [2.45, 2.75) is 96.3 Å². The maximum atomic E-state index is 16.2. The van der Waals surface area contributed by atoms with E-state index in [0.717, 1.165) is 38.6 Å². The minimum Gasteiger partial charge on any atom is -0.376 e. The van der Waals surface area contributed by atoms with Crippen LogP contribution in [-0.2, 0) is 33.4 Å². The van der Waals surface area contributed by atoms with Crippen molar-refractivity contribution < 1.29 is 32.3 Å². The molecule has 0 aliphatic carbocycles. The van der Waals surface area contributed by atoms with Crippen LogP contribution in [-0.4, -0.2) is 111 Å². The van der Waals surface area contributed by atoms with Crippen LogP contribution in [0.15, 0.2) is 47.3 Å². The van der Waals surface area contributed by atoms with Gasteiger partial charge in [0, 0.05) is 87.6 Å². The van der Waals surface area contributed by atoms with Crippen LogP contribution in [0.2, 0.25) is 0 Å². The van der Waals surface area contributed by atoms with Crippen LogP contribution in [0.25, 0.3) is 11.0 Å². The van der Waals surface area contributed by atoms with Gasteiger partial charge in [0.15, 0.2) is 0 Å². The highest BCUT2D eigenvalue weighted by molar-refractivity contribution is 6.06. The SMILES string of the molecule is Cc1nc2c3cc(N4CCN(C(=O)CNc5cccc6c5CN(C5CCC(=O)NC5=O)C6=O)CC4)c(=O)n(c3n1)CCCCCCCN1CC(C1)CC(F)(F)c1cccc(c1F)[C@@H](C)N2. The lowest BCUT2D eigenvalue weighted by Crippen LogP contribution is -2.52. The molecule has 6 aliphatic heterocycles. The summed E-state index contributed by atoms with van der Waals surface area (Å²) in [6.45, 7) is 7.33. The first kappa shape index (κ1) is 44.2. The Morgan fingerprint density at radius 1 is 0.923 bits per heavy atom. The summed E-state index contributed by atoms with van der Waals surface area (Å²) in [4.78, 5) is 82.6. The second-order valence-corrected chi connectivity index (χ2v) is 18.2. The highest BCUT2D eigenvalue weighted by Gasteiger charge is 2.42. The number of carbonyl (C=O) groups is 4. The van der Waals surface area contributed by atoms with Crippen LogP contribution >= 0.6 is 0 Å². The molecule has 6 aliphatic rings. The van der Waals surface area contributed by atoms with Gasteiger partial charge in [-0.2, -0.15) is 0 Å². The van der Waals surface area contributed by atoms with Crippen molar-refractivity contribution in [2.75, 3.05) is 67.9 Å². The molecule has 8 heterocycles. The number of amides is 4. The number of imide groups is 1. The summed E-state index contributed by atoms with van der Waals surface area (Å²) in [5, 5.41) is 9.35. The van der Waals surface area contributed by atoms with Crippen molar-refractivity contribution in [3.63, 3.8) is 0 Å². The van der Waals surface area contributed by atoms with E-state index in [1.165, 1.54) is 23.1 Å². The largest absolute Gasteiger partial charge is 0.376 e. The normalized spacial score (nSPS) is 23.9. The Morgan fingerprint density at radius 2 is 1.66 bits per heavy atom. The number of nitrogens with zero attached hydrogens (tertiary/aromatic N) is 7. The number of piperidine rings is 1. The second-order valence-electron chi connectivity index (χ2n) is 18.2. The molecular formula is C47H55F3N10O5. The minimum absolute atomic E-state index is 0.0460. The zero-order chi connectivity index (χ0) is 45.6. The molecule has 1 unspecified atom stereocenters. The van der Waals surface area contributed by atoms with E-state index >= 15 is 13.2 Å². The lowest BCUT2D eigenvalue weighted by atomic mass is 9.88. The second kappa shape index (κ2) is 18.1. The van der Waals surface area contributed by atoms with E-state index in [2.05, 4.69) is 20.9 Å². The van der Waals surface area contributed by atoms with Crippen LogP contribution < -0.4 is 26.4 Å². The number of rotatable bonds is 5. The molecule has 0 spiro atoms. The minimum atomic E-state index is -3.34. The lowest BCUT2D eigenvalue weighted by molar-refractivity contribution is -0.137. The molecule has 2 aromatic heterocycles. The smallest absolute Gasteiger partial charge is 0.276 e. The zero-order valence-corrected chi connectivity index (χ0v) is 36.8. The van der Waals surface area contributed by atoms with Gasteiger partial charge in [-0.05, 0) is 63.8 Å². The third-order valence-electron chi connectivity index (χ3n) is 13.7. The van der Waals surface area contributed by atoms with Gasteiger partial charge in [-0.15, -0.1) is 0 Å². The molecule has 15 nitrogen and oxygen atoms in total. The molecule has 3 fully saturated rings. The number of alkyl halides is 2. The standard InChI is InChI=1S/C47H55F3N10O5/c1-28-31-10-8-12-35(41(31)48)47(49,50)23-30-25-56(26-30)16-6-4-3-5-7-17-59-43-33(42(52-28)53-29(2)54-43)22-38(46(59)65)57-18-20-58(21-19-57)40(62)24-51-36-13-9-11-32-34(36)27-60(45(32)64)37-14-15-39(61)55-44(37)63/h8-13,22,28,30,37,51H,3-7,14-21,23-27H2,1-2H3,(H,52,53,54)(H,55,61,63)/t28-,37?/m1/s1. The summed E-state index contributed by atoms with van der Waals surface area (Å²) in [7, 11) is 0. The van der Waals surface area contributed by atoms with E-state index in [-0.39, 0.29) is 60.7 Å². The number of benzene rings is 2. The van der Waals surface area contributed by atoms with E-state index in [1.54, 1.807) is 47.6 Å². The molecule has 3 N–H and O–H groups in total. The Morgan fingerprint density at radius 3 is 2.43 bits per heavy atom. The molecule has 3 saturated heterocycles. The van der Waals surface area contributed by atoms with Gasteiger partial charge >= 0.3 is 0 Å². The number of pyridine rings is 1. The average Bonchev–Trinajstić information content (AvgIpc) is 3.60. The van der Waals surface area contributed by atoms with Crippen molar-refractivity contribution in [3.8, 4) is 0 Å². The number of anilines is 3. The number of hydrogen-bond donors (Lipinski definition) is 3. The van der Waals surface area contributed by atoms with Crippen LogP contribution in [0.1, 0.15) is 97.2 Å². The van der Waals surface area contributed by atoms with E-state index < -0.39 is 41.7 Å². The van der Waals surface area contributed by atoms with Gasteiger partial charge in [0.2, 0.25) is 17.7 Å². The number of fused-ring (bicyclic) bond motifs is 9. The van der Waals surface area contributed by atoms with Gasteiger partial charge < -0.3 is 30.2 Å². The molecule has 2 aromatic carbocycles. The van der Waals surface area contributed by atoms with E-state index in [9.17, 15) is 24.0 Å². The highest BCUT2D eigenvalue weighted by atomic mass is 19.3. The summed E-state index contributed by atoms with van der Waals surface area (Å²) >= 11 is 0. The van der Waals surface area contributed by atoms with Crippen molar-refractivity contribution in [1.29, 1.82) is 0 Å². The Kier molecular flexibility index (Phi) is 12.3. The molecule has 0 saturated carbocycles. The van der Waals surface area contributed by atoms with Gasteiger partial charge in [-0.1, -0.05) is 43.5 Å². The lowest BCUT2D eigenvalue weighted by Gasteiger charge is -2.41. The fourth-order valence-electron chi connectivity index (χ4n) is 10.2. The molecule has 65 heavy (non-hydrogen) atoms. The maximum absolute atomic E-state index is 16.2. The predicted octanol–water partition coefficient (Wildman–Crippen LogP) is 5.31. The number of piperazine rings is 1. The van der Waals surface area contributed by atoms with Crippen molar-refractivity contribution in [3.05, 3.63) is 86.7 Å². The molecule has 2 atom stereocenters. The molecule has 8 bridgehead atoms. The van der Waals surface area contributed by atoms with E-state index in [4.69, 9.17) is 9.97 Å². The average molecular weight is 897 g/mol. The number of halogens is 3. The van der Waals surface area contributed by atoms with Crippen LogP contribution in [0, 0.1) is 18.7 Å². The molecule has 4 amide bonds. The number of aryl methyl sites for hydroxylation is 2. The van der Waals surface area contributed by atoms with Crippen LogP contribution in [0.5, 0.6) is 0 Å². The third kappa shape index (κ3) is 8.88. The van der Waals surface area contributed by atoms with Gasteiger partial charge in [0.25, 0.3) is 17.4 Å². The maximum Gasteiger partial charge on any atom is 0.276 e. The molecular weight excluding hydrogens is 842 g/mol. The topological polar surface area (TPSA) is 165 Å². The summed E-state index contributed by atoms with van der Waals surface area (Å²) in [6, 6.07) is 9.57. The van der Waals surface area contributed by atoms with Crippen LogP contribution in [0.3, 0.4) is 0 Å². The first-order valence-corrected chi connectivity index (χ1v) is 22.9. The number of hydrogen-bond acceptors (Lipinski definition) is 11. The van der Waals surface area contributed by atoms with Gasteiger partial charge in [-0.3, -0.25) is 33.9 Å². The molecule has 18 heteroatoms. The summed E-state index contributed by atoms with van der Waals surface area (Å²) in [5.41, 5.74) is 1.82. The van der Waals surface area contributed by atoms with Gasteiger partial charge in [0.05, 0.1) is 23.5 Å². The van der Waals surface area contributed by atoms with Gasteiger partial charge in [-0.25, -0.2) is 23.1 Å². The van der Waals surface area contributed by atoms with Crippen molar-refractivity contribution in [2.24, 2.45) is 5.92 Å². The van der Waals surface area contributed by atoms with Gasteiger partial charge in [0.1, 0.15) is 34.8 Å². The van der Waals surface area contributed by atoms with Crippen LogP contribution in [0.4, 0.5) is 30.4 Å². The fraction of sp³-hybridized carbons (Fsp3) is 0.511. The molecule has 4 aromatic rings. The molecule has 0 radical (unpaired) electrons. The Bertz CT molecular complexity index is 2590. The predicted molar refractivity (Wildman–Crippen MR) is 238 cm³/mol. The number of nitrogens with one attached hydrogen (secondary N) is 3. The monoisotopic (exact) mass is 896 g/mol. The molecule has 344 valence electrons. The Labute approximate surface area is 374 Å². The van der Waals surface area contributed by atoms with Crippen molar-refractivity contribution in [1.82, 2.24) is 34.6 Å². The number of carbonyl (C=O) groups excluding carboxylic acids is 4. The Balaban J connectivity index is 0.932. The fourth-order valence-corrected chi connectivity index (χ4v) is 10.2. The first-order chi connectivity index (χ1) is 31.3. The zero-order valence-electron chi connectivity index (χ0n) is 36.8. The van der Waals surface area contributed by atoms with E-state index in [1.807, 2.05) is 4.90 Å². The highest BCUT2D eigenvalue weighted by Crippen LogP contribution is 2.41. The molecule has 10 rings (SSSR count).